The number of ether oxygens (including phenoxy) is 1. The molecule has 98 valence electrons. The molecule has 2 atom stereocenters. The quantitative estimate of drug-likeness (QED) is 0.732. The summed E-state index contributed by atoms with van der Waals surface area (Å²) in [4.78, 5) is 13.9. The summed E-state index contributed by atoms with van der Waals surface area (Å²) in [5.74, 6) is -0.0566. The van der Waals surface area contributed by atoms with Gasteiger partial charge in [0.1, 0.15) is 0 Å². The van der Waals surface area contributed by atoms with Gasteiger partial charge >= 0.3 is 5.97 Å². The highest BCUT2D eigenvalue weighted by atomic mass is 16.5. The molecule has 2 fully saturated rings. The zero-order valence-corrected chi connectivity index (χ0v) is 10.8. The first-order valence-electron chi connectivity index (χ1n) is 6.92. The van der Waals surface area contributed by atoms with Crippen molar-refractivity contribution in [2.75, 3.05) is 26.2 Å². The Bertz CT molecular complexity index is 252. The van der Waals surface area contributed by atoms with Gasteiger partial charge in [-0.15, -0.1) is 0 Å². The van der Waals surface area contributed by atoms with Gasteiger partial charge in [-0.3, -0.25) is 9.69 Å². The fourth-order valence-electron chi connectivity index (χ4n) is 2.93. The van der Waals surface area contributed by atoms with E-state index in [-0.39, 0.29) is 5.97 Å². The SMILES string of the molecule is CCOC(=O)CC[C@@H]1C[C@H](N2CCCC2)CN1. The van der Waals surface area contributed by atoms with Gasteiger partial charge < -0.3 is 10.1 Å². The van der Waals surface area contributed by atoms with Crippen LogP contribution >= 0.6 is 0 Å². The molecule has 0 radical (unpaired) electrons. The first-order chi connectivity index (χ1) is 8.29. The maximum absolute atomic E-state index is 11.3. The summed E-state index contributed by atoms with van der Waals surface area (Å²) < 4.78 is 4.95. The van der Waals surface area contributed by atoms with Crippen LogP contribution in [0.4, 0.5) is 0 Å². The lowest BCUT2D eigenvalue weighted by Crippen LogP contribution is -2.34. The van der Waals surface area contributed by atoms with Crippen LogP contribution in [-0.2, 0) is 9.53 Å². The molecule has 2 rings (SSSR count). The zero-order valence-electron chi connectivity index (χ0n) is 10.8. The number of hydrogen-bond acceptors (Lipinski definition) is 4. The fourth-order valence-corrected chi connectivity index (χ4v) is 2.93. The van der Waals surface area contributed by atoms with Crippen molar-refractivity contribution >= 4 is 5.97 Å². The van der Waals surface area contributed by atoms with Gasteiger partial charge in [-0.1, -0.05) is 0 Å². The Hall–Kier alpha value is -0.610. The molecule has 2 aliphatic rings. The van der Waals surface area contributed by atoms with E-state index in [1.54, 1.807) is 0 Å². The molecule has 0 saturated carbocycles. The van der Waals surface area contributed by atoms with E-state index in [0.717, 1.165) is 13.0 Å². The molecule has 0 aromatic rings. The Balaban J connectivity index is 1.65. The first-order valence-corrected chi connectivity index (χ1v) is 6.92. The summed E-state index contributed by atoms with van der Waals surface area (Å²) in [5.41, 5.74) is 0. The van der Waals surface area contributed by atoms with E-state index in [1.165, 1.54) is 32.4 Å². The van der Waals surface area contributed by atoms with Crippen LogP contribution in [0.1, 0.15) is 39.0 Å². The van der Waals surface area contributed by atoms with Crippen molar-refractivity contribution in [1.82, 2.24) is 10.2 Å². The number of nitrogens with zero attached hydrogens (tertiary/aromatic N) is 1. The second kappa shape index (κ2) is 6.36. The third-order valence-electron chi connectivity index (χ3n) is 3.86. The number of hydrogen-bond donors (Lipinski definition) is 1. The lowest BCUT2D eigenvalue weighted by molar-refractivity contribution is -0.143. The van der Waals surface area contributed by atoms with Gasteiger partial charge in [-0.05, 0) is 45.7 Å². The van der Waals surface area contributed by atoms with Crippen LogP contribution < -0.4 is 5.32 Å². The van der Waals surface area contributed by atoms with Crippen molar-refractivity contribution in [3.63, 3.8) is 0 Å². The fraction of sp³-hybridized carbons (Fsp3) is 0.923. The van der Waals surface area contributed by atoms with E-state index in [2.05, 4.69) is 10.2 Å². The highest BCUT2D eigenvalue weighted by Crippen LogP contribution is 2.21. The lowest BCUT2D eigenvalue weighted by Gasteiger charge is -2.22. The summed E-state index contributed by atoms with van der Waals surface area (Å²) in [7, 11) is 0. The third kappa shape index (κ3) is 3.68. The Morgan fingerprint density at radius 1 is 1.41 bits per heavy atom. The molecule has 17 heavy (non-hydrogen) atoms. The van der Waals surface area contributed by atoms with Crippen molar-refractivity contribution in [3.8, 4) is 0 Å². The zero-order chi connectivity index (χ0) is 12.1. The van der Waals surface area contributed by atoms with Crippen molar-refractivity contribution in [3.05, 3.63) is 0 Å². The molecular weight excluding hydrogens is 216 g/mol. The minimum Gasteiger partial charge on any atom is -0.466 e. The number of likely N-dealkylation sites (tertiary alicyclic amines) is 1. The highest BCUT2D eigenvalue weighted by molar-refractivity contribution is 5.69. The minimum absolute atomic E-state index is 0.0566. The second-order valence-corrected chi connectivity index (χ2v) is 5.08. The highest BCUT2D eigenvalue weighted by Gasteiger charge is 2.30. The van der Waals surface area contributed by atoms with E-state index >= 15 is 0 Å². The largest absolute Gasteiger partial charge is 0.466 e. The van der Waals surface area contributed by atoms with Crippen molar-refractivity contribution < 1.29 is 9.53 Å². The Morgan fingerprint density at radius 2 is 2.18 bits per heavy atom. The monoisotopic (exact) mass is 240 g/mol. The number of nitrogens with one attached hydrogen (secondary N) is 1. The second-order valence-electron chi connectivity index (χ2n) is 5.08. The smallest absolute Gasteiger partial charge is 0.305 e. The first kappa shape index (κ1) is 12.8. The van der Waals surface area contributed by atoms with Crippen LogP contribution in [0, 0.1) is 0 Å². The molecule has 2 saturated heterocycles. The molecule has 4 heteroatoms. The molecule has 2 heterocycles. The van der Waals surface area contributed by atoms with Crippen molar-refractivity contribution in [2.45, 2.75) is 51.1 Å². The molecule has 1 N–H and O–H groups in total. The minimum atomic E-state index is -0.0566. The average molecular weight is 240 g/mol. The average Bonchev–Trinajstić information content (AvgIpc) is 2.97. The van der Waals surface area contributed by atoms with E-state index in [4.69, 9.17) is 4.74 Å². The summed E-state index contributed by atoms with van der Waals surface area (Å²) in [6.07, 6.45) is 5.37. The maximum atomic E-state index is 11.3. The Labute approximate surface area is 104 Å². The molecule has 0 amide bonds. The van der Waals surface area contributed by atoms with Gasteiger partial charge in [-0.25, -0.2) is 0 Å². The molecule has 2 aliphatic heterocycles. The topological polar surface area (TPSA) is 41.6 Å². The number of esters is 1. The van der Waals surface area contributed by atoms with Gasteiger partial charge in [0.25, 0.3) is 0 Å². The van der Waals surface area contributed by atoms with Crippen LogP contribution in [0.3, 0.4) is 0 Å². The van der Waals surface area contributed by atoms with Gasteiger partial charge in [0.05, 0.1) is 6.61 Å². The predicted octanol–water partition coefficient (Wildman–Crippen LogP) is 1.16. The van der Waals surface area contributed by atoms with E-state index in [0.29, 0.717) is 25.1 Å². The molecule has 4 nitrogen and oxygen atoms in total. The van der Waals surface area contributed by atoms with Gasteiger partial charge in [0.15, 0.2) is 0 Å². The number of carbonyl (C=O) groups is 1. The lowest BCUT2D eigenvalue weighted by atomic mass is 10.1. The summed E-state index contributed by atoms with van der Waals surface area (Å²) in [6, 6.07) is 1.20. The van der Waals surface area contributed by atoms with Crippen LogP contribution in [0.2, 0.25) is 0 Å². The molecule has 0 unspecified atom stereocenters. The van der Waals surface area contributed by atoms with Gasteiger partial charge in [0.2, 0.25) is 0 Å². The Morgan fingerprint density at radius 3 is 2.88 bits per heavy atom. The summed E-state index contributed by atoms with van der Waals surface area (Å²) in [6.45, 7) is 5.96. The van der Waals surface area contributed by atoms with Crippen LogP contribution in [0.25, 0.3) is 0 Å². The number of rotatable bonds is 5. The molecule has 0 spiro atoms. The predicted molar refractivity (Wildman–Crippen MR) is 66.9 cm³/mol. The van der Waals surface area contributed by atoms with E-state index in [9.17, 15) is 4.79 Å². The van der Waals surface area contributed by atoms with Crippen LogP contribution in [-0.4, -0.2) is 49.2 Å². The normalized spacial score (nSPS) is 29.7. The summed E-state index contributed by atoms with van der Waals surface area (Å²) in [5, 5.41) is 3.53. The Kier molecular flexibility index (Phi) is 4.80. The van der Waals surface area contributed by atoms with E-state index in [1.807, 2.05) is 6.92 Å². The molecular formula is C13H24N2O2. The van der Waals surface area contributed by atoms with Gasteiger partial charge in [-0.2, -0.15) is 0 Å². The number of carbonyl (C=O) groups excluding carboxylic acids is 1. The maximum Gasteiger partial charge on any atom is 0.305 e. The standard InChI is InChI=1S/C13H24N2O2/c1-2-17-13(16)6-5-11-9-12(10-14-11)15-7-3-4-8-15/h11-12,14H,2-10H2,1H3/t11-,12+/m1/s1. The molecule has 0 aromatic carbocycles. The van der Waals surface area contributed by atoms with Gasteiger partial charge in [0, 0.05) is 25.0 Å². The van der Waals surface area contributed by atoms with Crippen LogP contribution in [0.15, 0.2) is 0 Å². The van der Waals surface area contributed by atoms with Crippen molar-refractivity contribution in [1.29, 1.82) is 0 Å². The van der Waals surface area contributed by atoms with E-state index < -0.39 is 0 Å². The van der Waals surface area contributed by atoms with Crippen LogP contribution in [0.5, 0.6) is 0 Å². The summed E-state index contributed by atoms with van der Waals surface area (Å²) >= 11 is 0. The third-order valence-corrected chi connectivity index (χ3v) is 3.86. The molecule has 0 bridgehead atoms. The molecule has 0 aromatic heterocycles. The molecule has 0 aliphatic carbocycles. The van der Waals surface area contributed by atoms with Crippen molar-refractivity contribution in [2.24, 2.45) is 0 Å².